The summed E-state index contributed by atoms with van der Waals surface area (Å²) in [5, 5.41) is 9.23. The smallest absolute Gasteiger partial charge is 0.264 e. The average molecular weight is 219 g/mol. The molecule has 1 aliphatic rings. The molecule has 0 radical (unpaired) electrons. The van der Waals surface area contributed by atoms with Crippen LogP contribution in [0.1, 0.15) is 17.7 Å². The van der Waals surface area contributed by atoms with Gasteiger partial charge in [-0.3, -0.25) is 9.59 Å². The number of nitrogens with one attached hydrogen (secondary N) is 2. The molecule has 1 aromatic rings. The monoisotopic (exact) mass is 219 g/mol. The normalized spacial score (nSPS) is 18.6. The second kappa shape index (κ2) is 4.30. The van der Waals surface area contributed by atoms with E-state index >= 15 is 0 Å². The minimum atomic E-state index is -0.200. The molecule has 84 valence electrons. The van der Waals surface area contributed by atoms with Gasteiger partial charge in [0.2, 0.25) is 5.91 Å². The summed E-state index contributed by atoms with van der Waals surface area (Å²) in [4.78, 5) is 22.3. The van der Waals surface area contributed by atoms with Gasteiger partial charge in [0.25, 0.3) is 5.56 Å². The van der Waals surface area contributed by atoms with Gasteiger partial charge in [-0.2, -0.15) is 5.10 Å². The van der Waals surface area contributed by atoms with Crippen LogP contribution in [0, 0.1) is 0 Å². The van der Waals surface area contributed by atoms with Gasteiger partial charge in [0, 0.05) is 12.1 Å². The second-order valence-electron chi connectivity index (χ2n) is 3.86. The number of rotatable bonds is 2. The van der Waals surface area contributed by atoms with E-state index in [4.69, 9.17) is 0 Å². The quantitative estimate of drug-likeness (QED) is 0.684. The molecular formula is C11H13N3O2. The van der Waals surface area contributed by atoms with Crippen molar-refractivity contribution in [2.24, 2.45) is 0 Å². The first kappa shape index (κ1) is 10.6. The second-order valence-corrected chi connectivity index (χ2v) is 3.86. The predicted molar refractivity (Wildman–Crippen MR) is 59.0 cm³/mol. The molecule has 5 heteroatoms. The highest BCUT2D eigenvalue weighted by Crippen LogP contribution is 2.17. The first-order chi connectivity index (χ1) is 7.69. The Hall–Kier alpha value is -1.91. The molecule has 0 fully saturated rings. The molecule has 1 amide bonds. The van der Waals surface area contributed by atoms with E-state index in [0.29, 0.717) is 6.42 Å². The molecule has 0 saturated heterocycles. The van der Waals surface area contributed by atoms with E-state index in [1.54, 1.807) is 6.07 Å². The molecule has 16 heavy (non-hydrogen) atoms. The van der Waals surface area contributed by atoms with E-state index < -0.39 is 0 Å². The van der Waals surface area contributed by atoms with E-state index in [9.17, 15) is 9.59 Å². The third-order valence-corrected chi connectivity index (χ3v) is 2.70. The number of H-pyrrole nitrogens is 1. The largest absolute Gasteiger partial charge is 0.349 e. The van der Waals surface area contributed by atoms with Crippen molar-refractivity contribution in [2.45, 2.75) is 25.3 Å². The molecule has 1 heterocycles. The van der Waals surface area contributed by atoms with E-state index in [0.717, 1.165) is 24.1 Å². The number of hydrogen-bond acceptors (Lipinski definition) is 3. The van der Waals surface area contributed by atoms with E-state index in [-0.39, 0.29) is 17.5 Å². The topological polar surface area (TPSA) is 74.8 Å². The van der Waals surface area contributed by atoms with Crippen LogP contribution in [0.3, 0.4) is 0 Å². The molecule has 0 saturated carbocycles. The minimum Gasteiger partial charge on any atom is -0.349 e. The van der Waals surface area contributed by atoms with Gasteiger partial charge in [-0.25, -0.2) is 5.10 Å². The lowest BCUT2D eigenvalue weighted by Crippen LogP contribution is -2.38. The fraction of sp³-hybridized carbons (Fsp3) is 0.364. The minimum absolute atomic E-state index is 0.0709. The van der Waals surface area contributed by atoms with Crippen LogP contribution in [0.15, 0.2) is 23.5 Å². The van der Waals surface area contributed by atoms with Crippen LogP contribution in [-0.4, -0.2) is 22.1 Å². The summed E-state index contributed by atoms with van der Waals surface area (Å²) in [7, 11) is 0. The summed E-state index contributed by atoms with van der Waals surface area (Å²) in [5.41, 5.74) is 1.64. The van der Waals surface area contributed by atoms with Crippen LogP contribution >= 0.6 is 0 Å². The average Bonchev–Trinajstić information content (AvgIpc) is 2.28. The van der Waals surface area contributed by atoms with E-state index in [1.807, 2.05) is 0 Å². The summed E-state index contributed by atoms with van der Waals surface area (Å²) in [6.45, 7) is 3.41. The number of carbonyl (C=O) groups is 1. The number of aryl methyl sites for hydroxylation is 1. The number of aromatic nitrogens is 2. The zero-order valence-electron chi connectivity index (χ0n) is 8.82. The Morgan fingerprint density at radius 2 is 2.50 bits per heavy atom. The Labute approximate surface area is 92.6 Å². The van der Waals surface area contributed by atoms with Crippen LogP contribution in [0.5, 0.6) is 0 Å². The molecule has 0 bridgehead atoms. The van der Waals surface area contributed by atoms with Crippen molar-refractivity contribution in [1.82, 2.24) is 15.5 Å². The lowest BCUT2D eigenvalue weighted by atomic mass is 9.92. The highest BCUT2D eigenvalue weighted by atomic mass is 16.1. The molecule has 5 nitrogen and oxygen atoms in total. The number of fused-ring (bicyclic) bond motifs is 1. The van der Waals surface area contributed by atoms with Gasteiger partial charge in [-0.15, -0.1) is 0 Å². The maximum atomic E-state index is 11.1. The molecule has 1 aliphatic carbocycles. The van der Waals surface area contributed by atoms with Gasteiger partial charge >= 0.3 is 0 Å². The molecule has 1 unspecified atom stereocenters. The summed E-state index contributed by atoms with van der Waals surface area (Å²) < 4.78 is 0. The van der Waals surface area contributed by atoms with Crippen molar-refractivity contribution in [3.63, 3.8) is 0 Å². The van der Waals surface area contributed by atoms with Crippen molar-refractivity contribution in [3.8, 4) is 0 Å². The molecule has 1 atom stereocenters. The van der Waals surface area contributed by atoms with Crippen molar-refractivity contribution in [1.29, 1.82) is 0 Å². The van der Waals surface area contributed by atoms with Crippen LogP contribution in [0.2, 0.25) is 0 Å². The van der Waals surface area contributed by atoms with Gasteiger partial charge in [0.15, 0.2) is 0 Å². The Kier molecular flexibility index (Phi) is 2.85. The Morgan fingerprint density at radius 3 is 3.25 bits per heavy atom. The first-order valence-electron chi connectivity index (χ1n) is 5.19. The predicted octanol–water partition coefficient (Wildman–Crippen LogP) is -0.0706. The third-order valence-electron chi connectivity index (χ3n) is 2.70. The number of aromatic amines is 1. The van der Waals surface area contributed by atoms with E-state index in [1.165, 1.54) is 6.08 Å². The van der Waals surface area contributed by atoms with Gasteiger partial charge < -0.3 is 5.32 Å². The van der Waals surface area contributed by atoms with Crippen LogP contribution in [0.25, 0.3) is 0 Å². The highest BCUT2D eigenvalue weighted by molar-refractivity contribution is 5.87. The van der Waals surface area contributed by atoms with Crippen LogP contribution in [-0.2, 0) is 17.6 Å². The zero-order chi connectivity index (χ0) is 11.5. The Balaban J connectivity index is 2.13. The number of amides is 1. The van der Waals surface area contributed by atoms with Crippen molar-refractivity contribution < 1.29 is 4.79 Å². The number of hydrogen-bond donors (Lipinski definition) is 2. The summed E-state index contributed by atoms with van der Waals surface area (Å²) in [6, 6.07) is 1.62. The van der Waals surface area contributed by atoms with Gasteiger partial charge in [0.1, 0.15) is 0 Å². The zero-order valence-corrected chi connectivity index (χ0v) is 8.82. The summed E-state index contributed by atoms with van der Waals surface area (Å²) in [5.74, 6) is -0.175. The number of carbonyl (C=O) groups excluding carboxylic acids is 1. The highest BCUT2D eigenvalue weighted by Gasteiger charge is 2.20. The Bertz CT molecular complexity index is 478. The molecular weight excluding hydrogens is 206 g/mol. The Morgan fingerprint density at radius 1 is 1.69 bits per heavy atom. The van der Waals surface area contributed by atoms with Gasteiger partial charge in [-0.1, -0.05) is 6.58 Å². The third kappa shape index (κ3) is 2.18. The van der Waals surface area contributed by atoms with Crippen LogP contribution in [0.4, 0.5) is 0 Å². The molecule has 2 N–H and O–H groups in total. The fourth-order valence-electron chi connectivity index (χ4n) is 1.92. The maximum absolute atomic E-state index is 11.1. The maximum Gasteiger partial charge on any atom is 0.264 e. The molecule has 1 aromatic heterocycles. The molecule has 2 rings (SSSR count). The molecule has 0 aliphatic heterocycles. The summed E-state index contributed by atoms with van der Waals surface area (Å²) in [6.07, 6.45) is 3.53. The lowest BCUT2D eigenvalue weighted by molar-refractivity contribution is -0.117. The molecule has 0 spiro atoms. The lowest BCUT2D eigenvalue weighted by Gasteiger charge is -2.23. The van der Waals surface area contributed by atoms with Crippen LogP contribution < -0.4 is 10.9 Å². The van der Waals surface area contributed by atoms with Crippen molar-refractivity contribution in [3.05, 3.63) is 40.3 Å². The van der Waals surface area contributed by atoms with Gasteiger partial charge in [-0.05, 0) is 30.9 Å². The standard InChI is InChI=1S/C11H13N3O2/c1-2-10(15)12-8-3-4-9-7(5-8)6-11(16)14-13-9/h2,6,8H,1,3-5H2,(H,12,15)(H,14,16). The van der Waals surface area contributed by atoms with Crippen molar-refractivity contribution >= 4 is 5.91 Å². The van der Waals surface area contributed by atoms with E-state index in [2.05, 4.69) is 22.1 Å². The fourth-order valence-corrected chi connectivity index (χ4v) is 1.92. The first-order valence-corrected chi connectivity index (χ1v) is 5.19. The molecule has 0 aromatic carbocycles. The van der Waals surface area contributed by atoms with Crippen molar-refractivity contribution in [2.75, 3.05) is 0 Å². The SMILES string of the molecule is C=CC(=O)NC1CCc2n[nH]c(=O)cc2C1. The summed E-state index contributed by atoms with van der Waals surface area (Å²) >= 11 is 0. The number of nitrogens with zero attached hydrogens (tertiary/aromatic N) is 1. The van der Waals surface area contributed by atoms with Gasteiger partial charge in [0.05, 0.1) is 5.69 Å².